The summed E-state index contributed by atoms with van der Waals surface area (Å²) in [6.45, 7) is 15.8. The predicted molar refractivity (Wildman–Crippen MR) is 86.9 cm³/mol. The molecule has 0 radical (unpaired) electrons. The number of rotatable bonds is 5. The van der Waals surface area contributed by atoms with Gasteiger partial charge in [0, 0.05) is 17.8 Å². The smallest absolute Gasteiger partial charge is 0.128 e. The van der Waals surface area contributed by atoms with Crippen LogP contribution in [-0.2, 0) is 12.8 Å². The molecule has 0 spiro atoms. The molecule has 0 aliphatic heterocycles. The molecule has 1 aromatic rings. The zero-order valence-electron chi connectivity index (χ0n) is 14.5. The monoisotopic (exact) mass is 276 g/mol. The van der Waals surface area contributed by atoms with Crippen LogP contribution in [0.15, 0.2) is 6.07 Å². The second-order valence-corrected chi connectivity index (χ2v) is 8.42. The van der Waals surface area contributed by atoms with Crippen LogP contribution < -0.4 is 0 Å². The van der Waals surface area contributed by atoms with Crippen LogP contribution in [0.25, 0.3) is 0 Å². The van der Waals surface area contributed by atoms with Crippen LogP contribution in [0.1, 0.15) is 78.0 Å². The molecule has 2 nitrogen and oxygen atoms in total. The van der Waals surface area contributed by atoms with E-state index in [1.807, 2.05) is 0 Å². The minimum absolute atomic E-state index is 0.282. The van der Waals surface area contributed by atoms with Crippen molar-refractivity contribution in [3.05, 3.63) is 23.3 Å². The third kappa shape index (κ3) is 7.62. The van der Waals surface area contributed by atoms with Gasteiger partial charge in [-0.25, -0.2) is 9.97 Å². The van der Waals surface area contributed by atoms with Crippen molar-refractivity contribution in [1.29, 1.82) is 0 Å². The molecule has 0 atom stereocenters. The highest BCUT2D eigenvalue weighted by Crippen LogP contribution is 2.22. The van der Waals surface area contributed by atoms with Crippen molar-refractivity contribution in [1.82, 2.24) is 9.97 Å². The number of aromatic nitrogens is 2. The molecule has 0 fully saturated rings. The zero-order chi connectivity index (χ0) is 15.4. The Balaban J connectivity index is 2.58. The summed E-state index contributed by atoms with van der Waals surface area (Å²) in [4.78, 5) is 9.33. The van der Waals surface area contributed by atoms with E-state index in [4.69, 9.17) is 4.98 Å². The summed E-state index contributed by atoms with van der Waals surface area (Å²) in [5.74, 6) is 1.03. The van der Waals surface area contributed by atoms with E-state index in [1.54, 1.807) is 0 Å². The predicted octanol–water partition coefficient (Wildman–Crippen LogP) is 5.13. The Kier molecular flexibility index (Phi) is 5.73. The maximum absolute atomic E-state index is 4.74. The molecule has 0 aliphatic rings. The number of hydrogen-bond donors (Lipinski definition) is 0. The highest BCUT2D eigenvalue weighted by molar-refractivity contribution is 5.11. The number of nitrogens with zero attached hydrogens (tertiary/aromatic N) is 2. The first-order valence-electron chi connectivity index (χ1n) is 7.89. The fourth-order valence-corrected chi connectivity index (χ4v) is 2.38. The van der Waals surface area contributed by atoms with Gasteiger partial charge in [-0.2, -0.15) is 0 Å². The van der Waals surface area contributed by atoms with Crippen molar-refractivity contribution in [2.75, 3.05) is 0 Å². The molecule has 0 saturated heterocycles. The maximum Gasteiger partial charge on any atom is 0.128 e. The highest BCUT2D eigenvalue weighted by Gasteiger charge is 2.14. The fourth-order valence-electron chi connectivity index (χ4n) is 2.38. The van der Waals surface area contributed by atoms with Gasteiger partial charge in [0.05, 0.1) is 0 Å². The molecule has 0 bridgehead atoms. The lowest BCUT2D eigenvalue weighted by Crippen LogP contribution is -2.12. The molecule has 0 aliphatic carbocycles. The van der Waals surface area contributed by atoms with Gasteiger partial charge in [-0.05, 0) is 43.1 Å². The Labute approximate surface area is 125 Å². The minimum Gasteiger partial charge on any atom is -0.238 e. The molecule has 0 aromatic carbocycles. The van der Waals surface area contributed by atoms with Gasteiger partial charge in [-0.15, -0.1) is 0 Å². The van der Waals surface area contributed by atoms with Gasteiger partial charge in [0.15, 0.2) is 0 Å². The van der Waals surface area contributed by atoms with Gasteiger partial charge in [0.2, 0.25) is 0 Å². The first kappa shape index (κ1) is 17.1. The quantitative estimate of drug-likeness (QED) is 0.696. The minimum atomic E-state index is 0.282. The number of unbranched alkanes of at least 4 members (excludes halogenated alkanes) is 1. The Morgan fingerprint density at radius 1 is 0.900 bits per heavy atom. The standard InChI is InChI=1S/C18H32N2/c1-14-12-15(13-18(5,6)7)20-16(19-14)10-8-9-11-17(2,3)4/h12H,8-11,13H2,1-7H3. The molecular weight excluding hydrogens is 244 g/mol. The van der Waals surface area contributed by atoms with Crippen molar-refractivity contribution >= 4 is 0 Å². The van der Waals surface area contributed by atoms with Crippen LogP contribution in [0.2, 0.25) is 0 Å². The summed E-state index contributed by atoms with van der Waals surface area (Å²) in [7, 11) is 0. The third-order valence-corrected chi connectivity index (χ3v) is 3.24. The average molecular weight is 276 g/mol. The number of aryl methyl sites for hydroxylation is 2. The van der Waals surface area contributed by atoms with E-state index in [9.17, 15) is 0 Å². The molecule has 1 aromatic heterocycles. The summed E-state index contributed by atoms with van der Waals surface area (Å²) in [5.41, 5.74) is 3.01. The van der Waals surface area contributed by atoms with E-state index >= 15 is 0 Å². The topological polar surface area (TPSA) is 25.8 Å². The first-order chi connectivity index (χ1) is 9.05. The fraction of sp³-hybridized carbons (Fsp3) is 0.778. The van der Waals surface area contributed by atoms with Crippen LogP contribution in [0.4, 0.5) is 0 Å². The summed E-state index contributed by atoms with van der Waals surface area (Å²) >= 11 is 0. The van der Waals surface area contributed by atoms with Crippen molar-refractivity contribution < 1.29 is 0 Å². The number of hydrogen-bond acceptors (Lipinski definition) is 2. The van der Waals surface area contributed by atoms with Gasteiger partial charge < -0.3 is 0 Å². The van der Waals surface area contributed by atoms with Crippen LogP contribution >= 0.6 is 0 Å². The zero-order valence-corrected chi connectivity index (χ0v) is 14.5. The normalized spacial score (nSPS) is 12.8. The summed E-state index contributed by atoms with van der Waals surface area (Å²) < 4.78 is 0. The molecular formula is C18H32N2. The Hall–Kier alpha value is -0.920. The van der Waals surface area contributed by atoms with E-state index in [-0.39, 0.29) is 5.41 Å². The van der Waals surface area contributed by atoms with Crippen molar-refractivity contribution in [3.63, 3.8) is 0 Å². The summed E-state index contributed by atoms with van der Waals surface area (Å²) in [5, 5.41) is 0. The van der Waals surface area contributed by atoms with Crippen molar-refractivity contribution in [2.24, 2.45) is 10.8 Å². The van der Waals surface area contributed by atoms with Crippen molar-refractivity contribution in [2.45, 2.75) is 80.6 Å². The van der Waals surface area contributed by atoms with Crippen LogP contribution in [0.3, 0.4) is 0 Å². The maximum atomic E-state index is 4.74. The molecule has 0 amide bonds. The van der Waals surface area contributed by atoms with Crippen LogP contribution in [-0.4, -0.2) is 9.97 Å². The third-order valence-electron chi connectivity index (χ3n) is 3.24. The Morgan fingerprint density at radius 2 is 1.55 bits per heavy atom. The molecule has 20 heavy (non-hydrogen) atoms. The highest BCUT2D eigenvalue weighted by atomic mass is 14.9. The van der Waals surface area contributed by atoms with E-state index in [0.717, 1.165) is 24.4 Å². The average Bonchev–Trinajstić information content (AvgIpc) is 2.19. The molecule has 2 heteroatoms. The van der Waals surface area contributed by atoms with Crippen LogP contribution in [0.5, 0.6) is 0 Å². The van der Waals surface area contributed by atoms with Gasteiger partial charge in [0.25, 0.3) is 0 Å². The van der Waals surface area contributed by atoms with Gasteiger partial charge in [-0.1, -0.05) is 48.0 Å². The lowest BCUT2D eigenvalue weighted by atomic mass is 9.89. The van der Waals surface area contributed by atoms with Gasteiger partial charge in [0.1, 0.15) is 5.82 Å². The second kappa shape index (κ2) is 6.69. The Bertz CT molecular complexity index is 422. The Morgan fingerprint density at radius 3 is 2.10 bits per heavy atom. The van der Waals surface area contributed by atoms with Crippen LogP contribution in [0, 0.1) is 17.8 Å². The van der Waals surface area contributed by atoms with Crippen molar-refractivity contribution in [3.8, 4) is 0 Å². The molecule has 1 rings (SSSR count). The van der Waals surface area contributed by atoms with E-state index < -0.39 is 0 Å². The lowest BCUT2D eigenvalue weighted by Gasteiger charge is -2.18. The SMILES string of the molecule is Cc1cc(CC(C)(C)C)nc(CCCCC(C)(C)C)n1. The molecule has 0 unspecified atom stereocenters. The van der Waals surface area contributed by atoms with Gasteiger partial charge in [-0.3, -0.25) is 0 Å². The summed E-state index contributed by atoms with van der Waals surface area (Å²) in [6, 6.07) is 2.13. The second-order valence-electron chi connectivity index (χ2n) is 8.42. The molecule has 0 N–H and O–H groups in total. The largest absolute Gasteiger partial charge is 0.238 e. The molecule has 1 heterocycles. The van der Waals surface area contributed by atoms with Gasteiger partial charge >= 0.3 is 0 Å². The van der Waals surface area contributed by atoms with E-state index in [1.165, 1.54) is 25.0 Å². The molecule has 0 saturated carbocycles. The summed E-state index contributed by atoms with van der Waals surface area (Å²) in [6.07, 6.45) is 5.75. The first-order valence-corrected chi connectivity index (χ1v) is 7.89. The van der Waals surface area contributed by atoms with E-state index in [0.29, 0.717) is 5.41 Å². The lowest BCUT2D eigenvalue weighted by molar-refractivity contribution is 0.359. The van der Waals surface area contributed by atoms with E-state index in [2.05, 4.69) is 59.5 Å². The molecule has 114 valence electrons.